The zero-order valence-electron chi connectivity index (χ0n) is 11.0. The summed E-state index contributed by atoms with van der Waals surface area (Å²) in [6, 6.07) is 6.83. The zero-order valence-corrected chi connectivity index (χ0v) is 11.0. The van der Waals surface area contributed by atoms with Gasteiger partial charge < -0.3 is 10.3 Å². The van der Waals surface area contributed by atoms with Crippen molar-refractivity contribution < 1.29 is 0 Å². The highest BCUT2D eigenvalue weighted by Gasteiger charge is 2.29. The van der Waals surface area contributed by atoms with E-state index in [0.29, 0.717) is 6.04 Å². The van der Waals surface area contributed by atoms with Crippen LogP contribution >= 0.6 is 0 Å². The molecular weight excluding hydrogens is 234 g/mol. The van der Waals surface area contributed by atoms with Gasteiger partial charge in [-0.1, -0.05) is 12.5 Å². The van der Waals surface area contributed by atoms with Crippen LogP contribution in [0.15, 0.2) is 30.7 Å². The number of hydrogen-bond acceptors (Lipinski definition) is 2. The van der Waals surface area contributed by atoms with Crippen LogP contribution in [0.25, 0.3) is 0 Å². The molecule has 0 aliphatic heterocycles. The van der Waals surface area contributed by atoms with Crippen LogP contribution in [0.3, 0.4) is 0 Å². The first-order valence-electron chi connectivity index (χ1n) is 7.23. The summed E-state index contributed by atoms with van der Waals surface area (Å²) in [6.07, 6.45) is 10.4. The molecule has 2 aromatic rings. The third-order valence-corrected chi connectivity index (χ3v) is 4.77. The number of aromatic nitrogens is 2. The van der Waals surface area contributed by atoms with E-state index in [1.54, 1.807) is 0 Å². The summed E-state index contributed by atoms with van der Waals surface area (Å²) in [5, 5.41) is 0. The lowest BCUT2D eigenvalue weighted by atomic mass is 9.83. The molecule has 3 nitrogen and oxygen atoms in total. The van der Waals surface area contributed by atoms with Gasteiger partial charge in [-0.2, -0.15) is 0 Å². The van der Waals surface area contributed by atoms with Crippen LogP contribution in [0.4, 0.5) is 5.69 Å². The van der Waals surface area contributed by atoms with Crippen molar-refractivity contribution in [1.29, 1.82) is 0 Å². The highest BCUT2D eigenvalue weighted by molar-refractivity contribution is 5.48. The standard InChI is InChI=1S/C16H19N3/c17-13-5-6-14-12(8-13)4-7-15(14)19-10-18-9-16(19)11-2-1-3-11/h5-6,8-11,15H,1-4,7,17H2. The number of benzene rings is 1. The molecular formula is C16H19N3. The first-order valence-corrected chi connectivity index (χ1v) is 7.23. The van der Waals surface area contributed by atoms with E-state index in [4.69, 9.17) is 5.73 Å². The summed E-state index contributed by atoms with van der Waals surface area (Å²) in [6.45, 7) is 0. The minimum absolute atomic E-state index is 0.466. The quantitative estimate of drug-likeness (QED) is 0.835. The number of aryl methyl sites for hydroxylation is 1. The third kappa shape index (κ3) is 1.68. The van der Waals surface area contributed by atoms with Crippen LogP contribution in [0.2, 0.25) is 0 Å². The van der Waals surface area contributed by atoms with Crippen molar-refractivity contribution in [2.24, 2.45) is 0 Å². The van der Waals surface area contributed by atoms with Gasteiger partial charge in [0.2, 0.25) is 0 Å². The van der Waals surface area contributed by atoms with Gasteiger partial charge in [0.1, 0.15) is 0 Å². The second-order valence-corrected chi connectivity index (χ2v) is 5.87. The Bertz CT molecular complexity index is 610. The number of nitrogens with zero attached hydrogens (tertiary/aromatic N) is 2. The molecule has 2 aliphatic carbocycles. The molecule has 98 valence electrons. The maximum Gasteiger partial charge on any atom is 0.0954 e. The van der Waals surface area contributed by atoms with Gasteiger partial charge in [-0.15, -0.1) is 0 Å². The number of hydrogen-bond donors (Lipinski definition) is 1. The third-order valence-electron chi connectivity index (χ3n) is 4.77. The van der Waals surface area contributed by atoms with Crippen molar-refractivity contribution >= 4 is 5.69 Å². The molecule has 0 radical (unpaired) electrons. The van der Waals surface area contributed by atoms with Crippen LogP contribution in [0, 0.1) is 0 Å². The molecule has 0 bridgehead atoms. The van der Waals surface area contributed by atoms with E-state index in [1.807, 2.05) is 12.4 Å². The van der Waals surface area contributed by atoms with E-state index in [9.17, 15) is 0 Å². The van der Waals surface area contributed by atoms with Crippen molar-refractivity contribution in [2.45, 2.75) is 44.1 Å². The van der Waals surface area contributed by atoms with Gasteiger partial charge in [-0.3, -0.25) is 0 Å². The van der Waals surface area contributed by atoms with Crippen LogP contribution in [0.1, 0.15) is 54.5 Å². The molecule has 1 atom stereocenters. The van der Waals surface area contributed by atoms with Gasteiger partial charge in [0.05, 0.1) is 12.4 Å². The van der Waals surface area contributed by atoms with Crippen molar-refractivity contribution in [2.75, 3.05) is 5.73 Å². The van der Waals surface area contributed by atoms with E-state index in [2.05, 4.69) is 27.9 Å². The molecule has 2 N–H and O–H groups in total. The topological polar surface area (TPSA) is 43.8 Å². The molecule has 3 heteroatoms. The Balaban J connectivity index is 1.73. The average Bonchev–Trinajstić information content (AvgIpc) is 2.92. The Hall–Kier alpha value is -1.77. The van der Waals surface area contributed by atoms with E-state index in [1.165, 1.54) is 42.5 Å². The Labute approximate surface area is 113 Å². The fourth-order valence-electron chi connectivity index (χ4n) is 3.50. The number of imidazole rings is 1. The Morgan fingerprint density at radius 1 is 1.21 bits per heavy atom. The van der Waals surface area contributed by atoms with Crippen LogP contribution in [-0.4, -0.2) is 9.55 Å². The van der Waals surface area contributed by atoms with Gasteiger partial charge in [-0.25, -0.2) is 4.98 Å². The Kier molecular flexibility index (Phi) is 2.40. The molecule has 1 saturated carbocycles. The second kappa shape index (κ2) is 4.12. The highest BCUT2D eigenvalue weighted by atomic mass is 15.1. The van der Waals surface area contributed by atoms with Gasteiger partial charge >= 0.3 is 0 Å². The van der Waals surface area contributed by atoms with Gasteiger partial charge in [0.15, 0.2) is 0 Å². The van der Waals surface area contributed by atoms with Gasteiger partial charge in [0, 0.05) is 23.5 Å². The fourth-order valence-corrected chi connectivity index (χ4v) is 3.50. The molecule has 1 heterocycles. The maximum atomic E-state index is 5.88. The highest BCUT2D eigenvalue weighted by Crippen LogP contribution is 2.41. The molecule has 19 heavy (non-hydrogen) atoms. The average molecular weight is 253 g/mol. The summed E-state index contributed by atoms with van der Waals surface area (Å²) in [4.78, 5) is 4.40. The SMILES string of the molecule is Nc1ccc2c(c1)CCC2n1cncc1C1CCC1. The number of anilines is 1. The predicted octanol–water partition coefficient (Wildman–Crippen LogP) is 3.27. The van der Waals surface area contributed by atoms with E-state index in [-0.39, 0.29) is 0 Å². The van der Waals surface area contributed by atoms with E-state index >= 15 is 0 Å². The van der Waals surface area contributed by atoms with Gasteiger partial charge in [-0.05, 0) is 48.9 Å². The normalized spacial score (nSPS) is 22.2. The lowest BCUT2D eigenvalue weighted by Gasteiger charge is -2.28. The molecule has 1 fully saturated rings. The Morgan fingerprint density at radius 3 is 2.89 bits per heavy atom. The first-order chi connectivity index (χ1) is 9.33. The van der Waals surface area contributed by atoms with Crippen LogP contribution in [-0.2, 0) is 6.42 Å². The number of nitrogen functional groups attached to an aromatic ring is 1. The molecule has 0 spiro atoms. The number of rotatable bonds is 2. The maximum absolute atomic E-state index is 5.88. The summed E-state index contributed by atoms with van der Waals surface area (Å²) in [5.74, 6) is 0.736. The first kappa shape index (κ1) is 11.1. The van der Waals surface area contributed by atoms with Crippen LogP contribution in [0.5, 0.6) is 0 Å². The number of fused-ring (bicyclic) bond motifs is 1. The molecule has 0 saturated heterocycles. The summed E-state index contributed by atoms with van der Waals surface area (Å²) in [5.41, 5.74) is 11.0. The summed E-state index contributed by atoms with van der Waals surface area (Å²) >= 11 is 0. The Morgan fingerprint density at radius 2 is 2.11 bits per heavy atom. The fraction of sp³-hybridized carbons (Fsp3) is 0.438. The van der Waals surface area contributed by atoms with Crippen molar-refractivity contribution in [3.05, 3.63) is 47.5 Å². The molecule has 1 aromatic carbocycles. The summed E-state index contributed by atoms with van der Waals surface area (Å²) in [7, 11) is 0. The molecule has 1 unspecified atom stereocenters. The lowest BCUT2D eigenvalue weighted by molar-refractivity contribution is 0.388. The lowest BCUT2D eigenvalue weighted by Crippen LogP contribution is -2.17. The van der Waals surface area contributed by atoms with Gasteiger partial charge in [0.25, 0.3) is 0 Å². The second-order valence-electron chi connectivity index (χ2n) is 5.87. The van der Waals surface area contributed by atoms with Crippen LogP contribution < -0.4 is 5.73 Å². The van der Waals surface area contributed by atoms with Crippen molar-refractivity contribution in [3.8, 4) is 0 Å². The van der Waals surface area contributed by atoms with Crippen molar-refractivity contribution in [1.82, 2.24) is 9.55 Å². The van der Waals surface area contributed by atoms with E-state index in [0.717, 1.165) is 18.0 Å². The zero-order chi connectivity index (χ0) is 12.8. The van der Waals surface area contributed by atoms with E-state index < -0.39 is 0 Å². The molecule has 4 rings (SSSR count). The molecule has 2 aliphatic rings. The number of nitrogens with two attached hydrogens (primary N) is 1. The monoisotopic (exact) mass is 253 g/mol. The minimum Gasteiger partial charge on any atom is -0.399 e. The van der Waals surface area contributed by atoms with Crippen molar-refractivity contribution in [3.63, 3.8) is 0 Å². The molecule has 0 amide bonds. The smallest absolute Gasteiger partial charge is 0.0954 e. The molecule has 1 aromatic heterocycles. The minimum atomic E-state index is 0.466. The predicted molar refractivity (Wildman–Crippen MR) is 76.1 cm³/mol. The summed E-state index contributed by atoms with van der Waals surface area (Å²) < 4.78 is 2.41. The largest absolute Gasteiger partial charge is 0.399 e.